The van der Waals surface area contributed by atoms with E-state index < -0.39 is 0 Å². The molecule has 0 bridgehead atoms. The first-order chi connectivity index (χ1) is 15.2. The molecule has 1 fully saturated rings. The average molecular weight is 433 g/mol. The Morgan fingerprint density at radius 1 is 1.23 bits per heavy atom. The molecule has 158 valence electrons. The van der Waals surface area contributed by atoms with E-state index in [1.165, 1.54) is 5.56 Å². The van der Waals surface area contributed by atoms with Crippen molar-refractivity contribution in [3.63, 3.8) is 0 Å². The first-order valence-electron chi connectivity index (χ1n) is 10.5. The predicted octanol–water partition coefficient (Wildman–Crippen LogP) is 4.20. The maximum Gasteiger partial charge on any atom is 0.270 e. The molecule has 0 aliphatic carbocycles. The largest absolute Gasteiger partial charge is 0.381 e. The molecule has 1 aromatic carbocycles. The number of carbonyl (C=O) groups excluding carboxylic acids is 1. The van der Waals surface area contributed by atoms with Crippen LogP contribution in [-0.4, -0.2) is 39.7 Å². The Kier molecular flexibility index (Phi) is 5.53. The molecular weight excluding hydrogens is 408 g/mol. The lowest BCUT2D eigenvalue weighted by atomic mass is 10.0. The van der Waals surface area contributed by atoms with E-state index in [0.29, 0.717) is 18.9 Å². The summed E-state index contributed by atoms with van der Waals surface area (Å²) in [7, 11) is 1.96. The molecule has 1 N–H and O–H groups in total. The first-order valence-corrected chi connectivity index (χ1v) is 11.4. The van der Waals surface area contributed by atoms with E-state index in [4.69, 9.17) is 4.74 Å². The maximum atomic E-state index is 12.9. The molecule has 0 radical (unpaired) electrons. The van der Waals surface area contributed by atoms with E-state index in [1.54, 1.807) is 11.3 Å². The number of hydrogen-bond donors (Lipinski definition) is 1. The van der Waals surface area contributed by atoms with Gasteiger partial charge >= 0.3 is 0 Å². The summed E-state index contributed by atoms with van der Waals surface area (Å²) >= 11 is 1.60. The lowest BCUT2D eigenvalue weighted by Gasteiger charge is -2.23. The van der Waals surface area contributed by atoms with Crippen LogP contribution >= 0.6 is 11.3 Å². The number of amides is 1. The SMILES string of the molecule is Cn1ccc2c(Cc3ccc(-c4cscn4)cc3)cc(C(=O)NC3CCOCC3)nc21. The van der Waals surface area contributed by atoms with Crippen molar-refractivity contribution < 1.29 is 9.53 Å². The number of rotatable bonds is 5. The average Bonchev–Trinajstić information content (AvgIpc) is 3.46. The summed E-state index contributed by atoms with van der Waals surface area (Å²) in [5.41, 5.74) is 7.54. The van der Waals surface area contributed by atoms with Crippen LogP contribution in [0.4, 0.5) is 0 Å². The van der Waals surface area contributed by atoms with E-state index in [0.717, 1.165) is 47.1 Å². The highest BCUT2D eigenvalue weighted by molar-refractivity contribution is 7.07. The summed E-state index contributed by atoms with van der Waals surface area (Å²) in [5, 5.41) is 6.26. The van der Waals surface area contributed by atoms with Crippen molar-refractivity contribution in [2.75, 3.05) is 13.2 Å². The van der Waals surface area contributed by atoms with Crippen LogP contribution in [0.5, 0.6) is 0 Å². The molecule has 0 unspecified atom stereocenters. The number of hydrogen-bond acceptors (Lipinski definition) is 5. The number of benzene rings is 1. The number of ether oxygens (including phenoxy) is 1. The summed E-state index contributed by atoms with van der Waals surface area (Å²) < 4.78 is 7.36. The van der Waals surface area contributed by atoms with Gasteiger partial charge in [-0.2, -0.15) is 0 Å². The number of carbonyl (C=O) groups is 1. The fourth-order valence-corrected chi connectivity index (χ4v) is 4.59. The van der Waals surface area contributed by atoms with Crippen LogP contribution in [0.2, 0.25) is 0 Å². The van der Waals surface area contributed by atoms with Gasteiger partial charge in [0.1, 0.15) is 11.3 Å². The van der Waals surface area contributed by atoms with Crippen molar-refractivity contribution in [2.24, 2.45) is 7.05 Å². The Morgan fingerprint density at radius 2 is 2.03 bits per heavy atom. The summed E-state index contributed by atoms with van der Waals surface area (Å²) in [6.07, 6.45) is 4.41. The predicted molar refractivity (Wildman–Crippen MR) is 122 cm³/mol. The Hall–Kier alpha value is -3.03. The minimum Gasteiger partial charge on any atom is -0.381 e. The minimum atomic E-state index is -0.116. The number of nitrogens with one attached hydrogen (secondary N) is 1. The Labute approximate surface area is 184 Å². The first kappa shape index (κ1) is 19.9. The van der Waals surface area contributed by atoms with E-state index >= 15 is 0 Å². The molecule has 31 heavy (non-hydrogen) atoms. The van der Waals surface area contributed by atoms with Gasteiger partial charge in [-0.25, -0.2) is 9.97 Å². The van der Waals surface area contributed by atoms with Crippen LogP contribution in [0.1, 0.15) is 34.5 Å². The lowest BCUT2D eigenvalue weighted by molar-refractivity contribution is 0.0694. The van der Waals surface area contributed by atoms with Gasteiger partial charge < -0.3 is 14.6 Å². The summed E-state index contributed by atoms with van der Waals surface area (Å²) in [4.78, 5) is 22.0. The summed E-state index contributed by atoms with van der Waals surface area (Å²) in [6.45, 7) is 1.38. The van der Waals surface area contributed by atoms with Gasteiger partial charge in [-0.05, 0) is 42.5 Å². The van der Waals surface area contributed by atoms with Crippen LogP contribution in [-0.2, 0) is 18.2 Å². The van der Waals surface area contributed by atoms with E-state index in [9.17, 15) is 4.79 Å². The van der Waals surface area contributed by atoms with Gasteiger partial charge in [-0.3, -0.25) is 4.79 Å². The van der Waals surface area contributed by atoms with Crippen LogP contribution in [0, 0.1) is 0 Å². The maximum absolute atomic E-state index is 12.9. The molecule has 4 heterocycles. The molecular formula is C24H24N4O2S. The molecule has 7 heteroatoms. The number of fused-ring (bicyclic) bond motifs is 1. The normalized spacial score (nSPS) is 14.7. The number of nitrogens with zero attached hydrogens (tertiary/aromatic N) is 3. The van der Waals surface area contributed by atoms with Crippen LogP contribution < -0.4 is 5.32 Å². The van der Waals surface area contributed by atoms with Gasteiger partial charge in [-0.1, -0.05) is 24.3 Å². The summed E-state index contributed by atoms with van der Waals surface area (Å²) in [6, 6.07) is 12.6. The van der Waals surface area contributed by atoms with Gasteiger partial charge in [-0.15, -0.1) is 11.3 Å². The summed E-state index contributed by atoms with van der Waals surface area (Å²) in [5.74, 6) is -0.116. The second-order valence-electron chi connectivity index (χ2n) is 7.94. The van der Waals surface area contributed by atoms with Gasteiger partial charge in [0, 0.05) is 48.8 Å². The van der Waals surface area contributed by atoms with Crippen LogP contribution in [0.15, 0.2) is 53.5 Å². The Morgan fingerprint density at radius 3 is 2.77 bits per heavy atom. The molecule has 0 spiro atoms. The molecule has 1 saturated heterocycles. The molecule has 5 rings (SSSR count). The van der Waals surface area contributed by atoms with Crippen molar-refractivity contribution in [1.82, 2.24) is 19.9 Å². The number of thiazole rings is 1. The third-order valence-electron chi connectivity index (χ3n) is 5.79. The third kappa shape index (κ3) is 4.24. The highest BCUT2D eigenvalue weighted by atomic mass is 32.1. The molecule has 1 aliphatic rings. The van der Waals surface area contributed by atoms with Gasteiger partial charge in [0.2, 0.25) is 0 Å². The molecule has 0 atom stereocenters. The van der Waals surface area contributed by atoms with Crippen LogP contribution in [0.25, 0.3) is 22.3 Å². The zero-order valence-corrected chi connectivity index (χ0v) is 18.2. The molecule has 3 aromatic heterocycles. The minimum absolute atomic E-state index is 0.116. The fourth-order valence-electron chi connectivity index (χ4n) is 4.03. The third-order valence-corrected chi connectivity index (χ3v) is 6.38. The van der Waals surface area contributed by atoms with Gasteiger partial charge in [0.05, 0.1) is 11.2 Å². The highest BCUT2D eigenvalue weighted by Gasteiger charge is 2.20. The van der Waals surface area contributed by atoms with E-state index in [2.05, 4.69) is 51.0 Å². The monoisotopic (exact) mass is 432 g/mol. The van der Waals surface area contributed by atoms with E-state index in [-0.39, 0.29) is 11.9 Å². The standard InChI is InChI=1S/C24H24N4O2S/c1-28-9-6-20-18(12-16-2-4-17(5-3-16)22-14-31-15-25-22)13-21(27-23(20)28)24(29)26-19-7-10-30-11-8-19/h2-6,9,13-15,19H,7-8,10-12H2,1H3,(H,26,29). The number of aryl methyl sites for hydroxylation is 1. The van der Waals surface area contributed by atoms with Gasteiger partial charge in [0.25, 0.3) is 5.91 Å². The molecule has 6 nitrogen and oxygen atoms in total. The van der Waals surface area contributed by atoms with Crippen molar-refractivity contribution >= 4 is 28.3 Å². The molecule has 0 saturated carbocycles. The number of aromatic nitrogens is 3. The van der Waals surface area contributed by atoms with Crippen molar-refractivity contribution in [1.29, 1.82) is 0 Å². The fraction of sp³-hybridized carbons (Fsp3) is 0.292. The smallest absolute Gasteiger partial charge is 0.270 e. The zero-order valence-electron chi connectivity index (χ0n) is 17.4. The second-order valence-corrected chi connectivity index (χ2v) is 8.66. The van der Waals surface area contributed by atoms with E-state index in [1.807, 2.05) is 29.4 Å². The van der Waals surface area contributed by atoms with Crippen LogP contribution in [0.3, 0.4) is 0 Å². The van der Waals surface area contributed by atoms with Gasteiger partial charge in [0.15, 0.2) is 0 Å². The highest BCUT2D eigenvalue weighted by Crippen LogP contribution is 2.25. The number of pyridine rings is 1. The second kappa shape index (κ2) is 8.61. The topological polar surface area (TPSA) is 69.0 Å². The Bertz CT molecular complexity index is 1190. The molecule has 1 aliphatic heterocycles. The van der Waals surface area contributed by atoms with Crippen molar-refractivity contribution in [3.05, 3.63) is 70.3 Å². The zero-order chi connectivity index (χ0) is 21.2. The molecule has 4 aromatic rings. The van der Waals surface area contributed by atoms with Crippen molar-refractivity contribution in [2.45, 2.75) is 25.3 Å². The molecule has 1 amide bonds. The van der Waals surface area contributed by atoms with Crippen molar-refractivity contribution in [3.8, 4) is 11.3 Å². The quantitative estimate of drug-likeness (QED) is 0.513. The lowest BCUT2D eigenvalue weighted by Crippen LogP contribution is -2.39. The Balaban J connectivity index is 1.42.